The third kappa shape index (κ3) is 4.18. The molecular weight excluding hydrogens is 270 g/mol. The van der Waals surface area contributed by atoms with Gasteiger partial charge in [0.1, 0.15) is 0 Å². The maximum atomic E-state index is 11.4. The zero-order chi connectivity index (χ0) is 14.4. The molecule has 1 heterocycles. The summed E-state index contributed by atoms with van der Waals surface area (Å²) >= 11 is 1.66. The van der Waals surface area contributed by atoms with E-state index < -0.39 is 0 Å². The number of nitrogens with two attached hydrogens (primary N) is 1. The van der Waals surface area contributed by atoms with Crippen LogP contribution < -0.4 is 5.73 Å². The Hall–Kier alpha value is -1.65. The van der Waals surface area contributed by atoms with Crippen LogP contribution in [0.1, 0.15) is 34.7 Å². The maximum Gasteiger partial charge on any atom is 0.307 e. The van der Waals surface area contributed by atoms with Crippen LogP contribution >= 0.6 is 11.3 Å². The molecule has 0 spiro atoms. The van der Waals surface area contributed by atoms with Crippen LogP contribution in [0.5, 0.6) is 0 Å². The molecule has 0 aliphatic heterocycles. The molecule has 1 atom stereocenters. The Bertz CT molecular complexity index is 551. The van der Waals surface area contributed by atoms with E-state index in [-0.39, 0.29) is 18.4 Å². The molecule has 0 bridgehead atoms. The first kappa shape index (κ1) is 14.8. The fraction of sp³-hybridized carbons (Fsp3) is 0.312. The Morgan fingerprint density at radius 3 is 2.70 bits per heavy atom. The Kier molecular flexibility index (Phi) is 5.32. The highest BCUT2D eigenvalue weighted by molar-refractivity contribution is 7.12. The van der Waals surface area contributed by atoms with Crippen molar-refractivity contribution in [2.24, 2.45) is 5.73 Å². The Labute approximate surface area is 123 Å². The number of thiophene rings is 1. The SMILES string of the molecule is CCOC(=O)C[C@H](N)c1ccc(Cc2ccccc2)s1. The third-order valence-corrected chi connectivity index (χ3v) is 4.18. The second-order valence-electron chi connectivity index (χ2n) is 4.58. The van der Waals surface area contributed by atoms with Gasteiger partial charge >= 0.3 is 5.97 Å². The van der Waals surface area contributed by atoms with Crippen molar-refractivity contribution >= 4 is 17.3 Å². The number of esters is 1. The summed E-state index contributed by atoms with van der Waals surface area (Å²) in [6.45, 7) is 2.20. The number of hydrogen-bond donors (Lipinski definition) is 1. The van der Waals surface area contributed by atoms with Crippen LogP contribution in [-0.2, 0) is 16.0 Å². The largest absolute Gasteiger partial charge is 0.466 e. The summed E-state index contributed by atoms with van der Waals surface area (Å²) in [7, 11) is 0. The molecule has 2 rings (SSSR count). The zero-order valence-corrected chi connectivity index (χ0v) is 12.4. The van der Waals surface area contributed by atoms with Gasteiger partial charge in [-0.05, 0) is 24.6 Å². The van der Waals surface area contributed by atoms with Crippen LogP contribution in [0.3, 0.4) is 0 Å². The van der Waals surface area contributed by atoms with Crippen molar-refractivity contribution in [3.05, 3.63) is 57.8 Å². The van der Waals surface area contributed by atoms with E-state index in [9.17, 15) is 4.79 Å². The minimum atomic E-state index is -0.274. The van der Waals surface area contributed by atoms with Crippen molar-refractivity contribution < 1.29 is 9.53 Å². The monoisotopic (exact) mass is 289 g/mol. The first-order valence-electron chi connectivity index (χ1n) is 6.72. The quantitative estimate of drug-likeness (QED) is 0.830. The minimum absolute atomic E-state index is 0.235. The summed E-state index contributed by atoms with van der Waals surface area (Å²) in [5, 5.41) is 0. The molecule has 20 heavy (non-hydrogen) atoms. The van der Waals surface area contributed by atoms with Gasteiger partial charge in [0.15, 0.2) is 0 Å². The van der Waals surface area contributed by atoms with Crippen LogP contribution in [0.25, 0.3) is 0 Å². The Morgan fingerprint density at radius 1 is 1.25 bits per heavy atom. The van der Waals surface area contributed by atoms with Gasteiger partial charge in [0.2, 0.25) is 0 Å². The van der Waals surface area contributed by atoms with Crippen molar-refractivity contribution in [2.45, 2.75) is 25.8 Å². The van der Waals surface area contributed by atoms with Crippen molar-refractivity contribution in [3.63, 3.8) is 0 Å². The molecule has 4 heteroatoms. The highest BCUT2D eigenvalue weighted by atomic mass is 32.1. The normalized spacial score (nSPS) is 12.1. The number of carbonyl (C=O) groups is 1. The Morgan fingerprint density at radius 2 is 2.00 bits per heavy atom. The summed E-state index contributed by atoms with van der Waals surface area (Å²) in [5.74, 6) is -0.238. The first-order valence-corrected chi connectivity index (χ1v) is 7.54. The Balaban J connectivity index is 1.96. The van der Waals surface area contributed by atoms with E-state index in [0.717, 1.165) is 11.3 Å². The third-order valence-electron chi connectivity index (χ3n) is 2.96. The van der Waals surface area contributed by atoms with Gasteiger partial charge in [-0.25, -0.2) is 0 Å². The molecule has 0 aliphatic rings. The predicted octanol–water partition coefficient (Wildman–Crippen LogP) is 3.29. The van der Waals surface area contributed by atoms with Gasteiger partial charge in [0.05, 0.1) is 13.0 Å². The molecule has 2 N–H and O–H groups in total. The first-order chi connectivity index (χ1) is 9.69. The second kappa shape index (κ2) is 7.22. The lowest BCUT2D eigenvalue weighted by molar-refractivity contribution is -0.143. The molecule has 0 aliphatic carbocycles. The zero-order valence-electron chi connectivity index (χ0n) is 11.5. The van der Waals surface area contributed by atoms with Crippen molar-refractivity contribution in [2.75, 3.05) is 6.61 Å². The fourth-order valence-corrected chi connectivity index (χ4v) is 3.03. The summed E-state index contributed by atoms with van der Waals surface area (Å²) in [5.41, 5.74) is 7.32. The summed E-state index contributed by atoms with van der Waals surface area (Å²) in [6, 6.07) is 14.1. The van der Waals surface area contributed by atoms with Gasteiger partial charge in [-0.15, -0.1) is 11.3 Å². The predicted molar refractivity (Wildman–Crippen MR) is 81.7 cm³/mol. The number of rotatable bonds is 6. The number of hydrogen-bond acceptors (Lipinski definition) is 4. The highest BCUT2D eigenvalue weighted by Crippen LogP contribution is 2.26. The lowest BCUT2D eigenvalue weighted by atomic mass is 10.1. The van der Waals surface area contributed by atoms with E-state index in [1.54, 1.807) is 18.3 Å². The van der Waals surface area contributed by atoms with Crippen LogP contribution in [0, 0.1) is 0 Å². The highest BCUT2D eigenvalue weighted by Gasteiger charge is 2.14. The summed E-state index contributed by atoms with van der Waals surface area (Å²) < 4.78 is 4.92. The number of benzene rings is 1. The standard InChI is InChI=1S/C16H19NO2S/c1-2-19-16(18)11-14(17)15-9-8-13(20-15)10-12-6-4-3-5-7-12/h3-9,14H,2,10-11,17H2,1H3/t14-/m0/s1. The minimum Gasteiger partial charge on any atom is -0.466 e. The summed E-state index contributed by atoms with van der Waals surface area (Å²) in [4.78, 5) is 13.7. The molecule has 0 saturated carbocycles. The molecule has 1 aromatic carbocycles. The van der Waals surface area contributed by atoms with Crippen molar-refractivity contribution in [3.8, 4) is 0 Å². The topological polar surface area (TPSA) is 52.3 Å². The molecule has 3 nitrogen and oxygen atoms in total. The van der Waals surface area contributed by atoms with Crippen LogP contribution in [0.15, 0.2) is 42.5 Å². The van der Waals surface area contributed by atoms with Gasteiger partial charge in [0.25, 0.3) is 0 Å². The van der Waals surface area contributed by atoms with E-state index in [1.807, 2.05) is 24.3 Å². The van der Waals surface area contributed by atoms with E-state index in [2.05, 4.69) is 18.2 Å². The van der Waals surface area contributed by atoms with E-state index >= 15 is 0 Å². The van der Waals surface area contributed by atoms with Crippen LogP contribution in [0.4, 0.5) is 0 Å². The smallest absolute Gasteiger partial charge is 0.307 e. The fourth-order valence-electron chi connectivity index (χ4n) is 1.99. The average Bonchev–Trinajstić information content (AvgIpc) is 2.89. The summed E-state index contributed by atoms with van der Waals surface area (Å²) in [6.07, 6.45) is 1.14. The molecule has 0 radical (unpaired) electrons. The number of carbonyl (C=O) groups excluding carboxylic acids is 1. The second-order valence-corrected chi connectivity index (χ2v) is 5.78. The number of ether oxygens (including phenoxy) is 1. The van der Waals surface area contributed by atoms with Crippen molar-refractivity contribution in [1.29, 1.82) is 0 Å². The lowest BCUT2D eigenvalue weighted by Crippen LogP contribution is -2.16. The van der Waals surface area contributed by atoms with Gasteiger partial charge in [-0.3, -0.25) is 4.79 Å². The van der Waals surface area contributed by atoms with Gasteiger partial charge in [-0.1, -0.05) is 30.3 Å². The van der Waals surface area contributed by atoms with Crippen LogP contribution in [0.2, 0.25) is 0 Å². The molecule has 2 aromatic rings. The maximum absolute atomic E-state index is 11.4. The molecule has 0 unspecified atom stereocenters. The molecule has 0 saturated heterocycles. The average molecular weight is 289 g/mol. The van der Waals surface area contributed by atoms with Gasteiger partial charge in [-0.2, -0.15) is 0 Å². The van der Waals surface area contributed by atoms with E-state index in [1.165, 1.54) is 10.4 Å². The van der Waals surface area contributed by atoms with E-state index in [0.29, 0.717) is 6.61 Å². The molecule has 0 amide bonds. The molecular formula is C16H19NO2S. The van der Waals surface area contributed by atoms with Crippen molar-refractivity contribution in [1.82, 2.24) is 0 Å². The van der Waals surface area contributed by atoms with Crippen LogP contribution in [-0.4, -0.2) is 12.6 Å². The molecule has 106 valence electrons. The molecule has 1 aromatic heterocycles. The molecule has 0 fully saturated rings. The van der Waals surface area contributed by atoms with E-state index in [4.69, 9.17) is 10.5 Å². The van der Waals surface area contributed by atoms with Gasteiger partial charge in [0, 0.05) is 22.2 Å². The van der Waals surface area contributed by atoms with Gasteiger partial charge < -0.3 is 10.5 Å². The lowest BCUT2D eigenvalue weighted by Gasteiger charge is -2.08.